The smallest absolute Gasteiger partial charge is 0.144 e. The molecule has 1 rings (SSSR count). The zero-order valence-electron chi connectivity index (χ0n) is 9.79. The maximum Gasteiger partial charge on any atom is 0.144 e. The summed E-state index contributed by atoms with van der Waals surface area (Å²) in [5.41, 5.74) is 7.80. The number of nitrogens with zero attached hydrogens (tertiary/aromatic N) is 1. The second-order valence-electron chi connectivity index (χ2n) is 3.55. The van der Waals surface area contributed by atoms with Crippen molar-refractivity contribution >= 4 is 11.4 Å². The quantitative estimate of drug-likeness (QED) is 0.756. The second-order valence-corrected chi connectivity index (χ2v) is 3.55. The van der Waals surface area contributed by atoms with E-state index in [0.29, 0.717) is 6.61 Å². The van der Waals surface area contributed by atoms with Crippen LogP contribution in [-0.4, -0.2) is 20.2 Å². The standard InChI is InChI=1S/C12H20N2O/c1-4-9-15-11-8-6-7-10(12(11)13)14(3)5-2/h6-8H,4-5,9,13H2,1-3H3. The van der Waals surface area contributed by atoms with Crippen LogP contribution in [0.1, 0.15) is 20.3 Å². The van der Waals surface area contributed by atoms with Crippen LogP contribution in [0.3, 0.4) is 0 Å². The van der Waals surface area contributed by atoms with Crippen molar-refractivity contribution in [3.05, 3.63) is 18.2 Å². The molecular formula is C12H20N2O. The maximum atomic E-state index is 6.03. The number of para-hydroxylation sites is 1. The molecule has 0 saturated carbocycles. The molecule has 15 heavy (non-hydrogen) atoms. The van der Waals surface area contributed by atoms with E-state index in [9.17, 15) is 0 Å². The van der Waals surface area contributed by atoms with Gasteiger partial charge in [-0.2, -0.15) is 0 Å². The van der Waals surface area contributed by atoms with Gasteiger partial charge in [0.05, 0.1) is 18.0 Å². The van der Waals surface area contributed by atoms with Gasteiger partial charge in [-0.15, -0.1) is 0 Å². The van der Waals surface area contributed by atoms with Crippen molar-refractivity contribution in [3.8, 4) is 5.75 Å². The van der Waals surface area contributed by atoms with Gasteiger partial charge < -0.3 is 15.4 Å². The molecule has 0 fully saturated rings. The molecule has 84 valence electrons. The van der Waals surface area contributed by atoms with E-state index in [0.717, 1.165) is 30.1 Å². The number of nitrogen functional groups attached to an aromatic ring is 1. The number of ether oxygens (including phenoxy) is 1. The first kappa shape index (κ1) is 11.7. The van der Waals surface area contributed by atoms with Gasteiger partial charge in [0.25, 0.3) is 0 Å². The van der Waals surface area contributed by atoms with E-state index < -0.39 is 0 Å². The van der Waals surface area contributed by atoms with Crippen molar-refractivity contribution in [2.75, 3.05) is 30.8 Å². The molecule has 0 radical (unpaired) electrons. The van der Waals surface area contributed by atoms with Gasteiger partial charge in [-0.1, -0.05) is 13.0 Å². The SMILES string of the molecule is CCCOc1cccc(N(C)CC)c1N. The molecular weight excluding hydrogens is 188 g/mol. The Morgan fingerprint density at radius 1 is 1.33 bits per heavy atom. The van der Waals surface area contributed by atoms with E-state index in [-0.39, 0.29) is 0 Å². The molecule has 2 N–H and O–H groups in total. The lowest BCUT2D eigenvalue weighted by molar-refractivity contribution is 0.319. The fourth-order valence-electron chi connectivity index (χ4n) is 1.37. The lowest BCUT2D eigenvalue weighted by Crippen LogP contribution is -2.17. The number of nitrogens with two attached hydrogens (primary N) is 1. The van der Waals surface area contributed by atoms with E-state index in [4.69, 9.17) is 10.5 Å². The van der Waals surface area contributed by atoms with Gasteiger partial charge in [0.1, 0.15) is 5.75 Å². The number of hydrogen-bond acceptors (Lipinski definition) is 3. The van der Waals surface area contributed by atoms with Gasteiger partial charge in [-0.05, 0) is 25.5 Å². The second kappa shape index (κ2) is 5.49. The summed E-state index contributed by atoms with van der Waals surface area (Å²) in [5, 5.41) is 0. The molecule has 1 aromatic carbocycles. The fraction of sp³-hybridized carbons (Fsp3) is 0.500. The first-order chi connectivity index (χ1) is 7.20. The number of benzene rings is 1. The Bertz CT molecular complexity index is 312. The lowest BCUT2D eigenvalue weighted by atomic mass is 10.2. The van der Waals surface area contributed by atoms with Crippen LogP contribution in [0.2, 0.25) is 0 Å². The first-order valence-corrected chi connectivity index (χ1v) is 5.43. The van der Waals surface area contributed by atoms with Crippen molar-refractivity contribution in [2.45, 2.75) is 20.3 Å². The molecule has 0 amide bonds. The molecule has 1 aromatic rings. The highest BCUT2D eigenvalue weighted by molar-refractivity contribution is 5.73. The predicted octanol–water partition coefficient (Wildman–Crippen LogP) is 2.51. The Kier molecular flexibility index (Phi) is 4.28. The fourth-order valence-corrected chi connectivity index (χ4v) is 1.37. The largest absolute Gasteiger partial charge is 0.491 e. The third-order valence-corrected chi connectivity index (χ3v) is 2.39. The summed E-state index contributed by atoms with van der Waals surface area (Å²) in [6.45, 7) is 5.82. The Morgan fingerprint density at radius 2 is 2.07 bits per heavy atom. The summed E-state index contributed by atoms with van der Waals surface area (Å²) in [4.78, 5) is 2.11. The lowest BCUT2D eigenvalue weighted by Gasteiger charge is -2.20. The Labute approximate surface area is 91.8 Å². The first-order valence-electron chi connectivity index (χ1n) is 5.43. The molecule has 0 saturated heterocycles. The van der Waals surface area contributed by atoms with Crippen molar-refractivity contribution in [2.24, 2.45) is 0 Å². The minimum atomic E-state index is 0.712. The highest BCUT2D eigenvalue weighted by Gasteiger charge is 2.08. The molecule has 0 aliphatic rings. The van der Waals surface area contributed by atoms with Gasteiger partial charge in [0.2, 0.25) is 0 Å². The van der Waals surface area contributed by atoms with Gasteiger partial charge in [-0.3, -0.25) is 0 Å². The maximum absolute atomic E-state index is 6.03. The number of hydrogen-bond donors (Lipinski definition) is 1. The van der Waals surface area contributed by atoms with E-state index in [1.165, 1.54) is 0 Å². The summed E-state index contributed by atoms with van der Waals surface area (Å²) in [7, 11) is 2.02. The number of rotatable bonds is 5. The molecule has 0 aliphatic carbocycles. The molecule has 0 unspecified atom stereocenters. The minimum absolute atomic E-state index is 0.712. The van der Waals surface area contributed by atoms with Gasteiger partial charge in [0, 0.05) is 13.6 Å². The minimum Gasteiger partial charge on any atom is -0.491 e. The Morgan fingerprint density at radius 3 is 2.67 bits per heavy atom. The molecule has 0 heterocycles. The van der Waals surface area contributed by atoms with E-state index in [1.54, 1.807) is 0 Å². The highest BCUT2D eigenvalue weighted by atomic mass is 16.5. The van der Waals surface area contributed by atoms with Gasteiger partial charge in [0.15, 0.2) is 0 Å². The van der Waals surface area contributed by atoms with E-state index in [2.05, 4.69) is 18.7 Å². The average molecular weight is 208 g/mol. The van der Waals surface area contributed by atoms with Crippen LogP contribution in [0, 0.1) is 0 Å². The van der Waals surface area contributed by atoms with Crippen molar-refractivity contribution in [1.82, 2.24) is 0 Å². The normalized spacial score (nSPS) is 10.1. The van der Waals surface area contributed by atoms with Crippen LogP contribution in [0.4, 0.5) is 11.4 Å². The van der Waals surface area contributed by atoms with Crippen molar-refractivity contribution in [1.29, 1.82) is 0 Å². The third-order valence-electron chi connectivity index (χ3n) is 2.39. The Hall–Kier alpha value is -1.38. The van der Waals surface area contributed by atoms with Crippen LogP contribution >= 0.6 is 0 Å². The summed E-state index contributed by atoms with van der Waals surface area (Å²) < 4.78 is 5.57. The van der Waals surface area contributed by atoms with Crippen LogP contribution in [0.15, 0.2) is 18.2 Å². The molecule has 0 atom stereocenters. The van der Waals surface area contributed by atoms with Crippen LogP contribution in [0.5, 0.6) is 5.75 Å². The monoisotopic (exact) mass is 208 g/mol. The zero-order chi connectivity index (χ0) is 11.3. The molecule has 3 nitrogen and oxygen atoms in total. The number of anilines is 2. The Balaban J connectivity index is 2.90. The summed E-state index contributed by atoms with van der Waals surface area (Å²) >= 11 is 0. The highest BCUT2D eigenvalue weighted by Crippen LogP contribution is 2.31. The predicted molar refractivity (Wildman–Crippen MR) is 65.6 cm³/mol. The van der Waals surface area contributed by atoms with Gasteiger partial charge >= 0.3 is 0 Å². The van der Waals surface area contributed by atoms with Gasteiger partial charge in [-0.25, -0.2) is 0 Å². The van der Waals surface area contributed by atoms with Crippen LogP contribution in [0.25, 0.3) is 0 Å². The van der Waals surface area contributed by atoms with Crippen LogP contribution < -0.4 is 15.4 Å². The summed E-state index contributed by atoms with van der Waals surface area (Å²) in [6, 6.07) is 5.90. The zero-order valence-corrected chi connectivity index (χ0v) is 9.79. The van der Waals surface area contributed by atoms with Crippen molar-refractivity contribution in [3.63, 3.8) is 0 Å². The van der Waals surface area contributed by atoms with Crippen molar-refractivity contribution < 1.29 is 4.74 Å². The third kappa shape index (κ3) is 2.78. The van der Waals surface area contributed by atoms with E-state index >= 15 is 0 Å². The van der Waals surface area contributed by atoms with Crippen LogP contribution in [-0.2, 0) is 0 Å². The van der Waals surface area contributed by atoms with E-state index in [1.807, 2.05) is 25.2 Å². The summed E-state index contributed by atoms with van der Waals surface area (Å²) in [6.07, 6.45) is 0.993. The average Bonchev–Trinajstić information content (AvgIpc) is 2.27. The molecule has 0 aliphatic heterocycles. The topological polar surface area (TPSA) is 38.5 Å². The molecule has 0 spiro atoms. The summed E-state index contributed by atoms with van der Waals surface area (Å²) in [5.74, 6) is 0.787. The molecule has 0 aromatic heterocycles. The molecule has 3 heteroatoms. The molecule has 0 bridgehead atoms.